The fourth-order valence-corrected chi connectivity index (χ4v) is 7.32. The molecule has 51 heavy (non-hydrogen) atoms. The first-order valence-corrected chi connectivity index (χ1v) is 17.0. The number of fused-ring (bicyclic) bond motifs is 2. The van der Waals surface area contributed by atoms with E-state index in [2.05, 4.69) is 16.4 Å². The Morgan fingerprint density at radius 2 is 1.55 bits per heavy atom. The topological polar surface area (TPSA) is 147 Å². The van der Waals surface area contributed by atoms with Crippen LogP contribution in [0.25, 0.3) is 5.69 Å². The number of hydrogen-bond acceptors (Lipinski definition) is 7. The van der Waals surface area contributed by atoms with Gasteiger partial charge in [0.25, 0.3) is 11.8 Å². The van der Waals surface area contributed by atoms with Crippen LogP contribution < -0.4 is 11.0 Å². The molecule has 1 atom stereocenters. The number of halogens is 1. The number of rotatable bonds is 9. The molecule has 1 saturated heterocycles. The molecule has 1 fully saturated rings. The molecule has 1 aromatic heterocycles. The van der Waals surface area contributed by atoms with Gasteiger partial charge in [-0.05, 0) is 109 Å². The van der Waals surface area contributed by atoms with Crippen LogP contribution in [0, 0.1) is 17.1 Å². The van der Waals surface area contributed by atoms with Crippen molar-refractivity contribution in [2.75, 3.05) is 47.8 Å². The van der Waals surface area contributed by atoms with Gasteiger partial charge in [0, 0.05) is 45.9 Å². The van der Waals surface area contributed by atoms with Crippen LogP contribution in [0.2, 0.25) is 0 Å². The Balaban J connectivity index is 1.52. The molecule has 3 amide bonds. The Hall–Kier alpha value is -5.61. The highest BCUT2D eigenvalue weighted by atomic mass is 19.1. The molecular formula is C38H41FN8O4. The van der Waals surface area contributed by atoms with Crippen molar-refractivity contribution in [2.24, 2.45) is 0 Å². The number of nitriles is 1. The minimum atomic E-state index is -1.12. The number of likely N-dealkylation sites (tertiary alicyclic amines) is 1. The molecule has 1 aliphatic carbocycles. The normalized spacial score (nSPS) is 16.1. The second kappa shape index (κ2) is 14.3. The third kappa shape index (κ3) is 6.67. The van der Waals surface area contributed by atoms with E-state index >= 15 is 0 Å². The maximum atomic E-state index is 13.9. The molecular weight excluding hydrogens is 651 g/mol. The summed E-state index contributed by atoms with van der Waals surface area (Å²) >= 11 is 0. The van der Waals surface area contributed by atoms with Crippen LogP contribution in [0.3, 0.4) is 0 Å². The van der Waals surface area contributed by atoms with Crippen LogP contribution in [-0.2, 0) is 23.1 Å². The number of hydrogen-bond donors (Lipinski definition) is 2. The molecule has 0 saturated carbocycles. The Morgan fingerprint density at radius 1 is 0.961 bits per heavy atom. The van der Waals surface area contributed by atoms with E-state index in [1.165, 1.54) is 38.7 Å². The third-order valence-electron chi connectivity index (χ3n) is 9.87. The Kier molecular flexibility index (Phi) is 9.89. The average molecular weight is 693 g/mol. The highest BCUT2D eigenvalue weighted by molar-refractivity contribution is 5.95. The van der Waals surface area contributed by atoms with E-state index in [1.807, 2.05) is 24.3 Å². The fourth-order valence-electron chi connectivity index (χ4n) is 7.32. The van der Waals surface area contributed by atoms with Crippen molar-refractivity contribution in [1.29, 1.82) is 5.26 Å². The molecule has 2 aliphatic rings. The second-order valence-electron chi connectivity index (χ2n) is 13.5. The van der Waals surface area contributed by atoms with Crippen LogP contribution in [0.1, 0.15) is 68.1 Å². The first-order chi connectivity index (χ1) is 24.4. The van der Waals surface area contributed by atoms with E-state index in [1.54, 1.807) is 45.2 Å². The summed E-state index contributed by atoms with van der Waals surface area (Å²) in [7, 11) is 6.77. The number of aromatic amines is 1. The summed E-state index contributed by atoms with van der Waals surface area (Å²) < 4.78 is 15.1. The van der Waals surface area contributed by atoms with E-state index in [-0.39, 0.29) is 24.3 Å². The van der Waals surface area contributed by atoms with Gasteiger partial charge in [0.15, 0.2) is 0 Å². The molecule has 2 N–H and O–H groups in total. The van der Waals surface area contributed by atoms with Crippen molar-refractivity contribution in [3.8, 4) is 11.8 Å². The van der Waals surface area contributed by atoms with Gasteiger partial charge < -0.3 is 20.0 Å². The molecule has 0 spiro atoms. The zero-order valence-corrected chi connectivity index (χ0v) is 29.2. The predicted octanol–water partition coefficient (Wildman–Crippen LogP) is 3.03. The van der Waals surface area contributed by atoms with Gasteiger partial charge in [-0.25, -0.2) is 9.18 Å². The van der Waals surface area contributed by atoms with E-state index < -0.39 is 23.0 Å². The quantitative estimate of drug-likeness (QED) is 0.257. The highest BCUT2D eigenvalue weighted by Crippen LogP contribution is 2.46. The van der Waals surface area contributed by atoms with Gasteiger partial charge in [-0.3, -0.25) is 19.4 Å². The molecule has 0 radical (unpaired) electrons. The molecule has 1 unspecified atom stereocenters. The summed E-state index contributed by atoms with van der Waals surface area (Å²) in [5.74, 6) is -0.613. The van der Waals surface area contributed by atoms with Gasteiger partial charge in [-0.15, -0.1) is 5.10 Å². The maximum Gasteiger partial charge on any atom is 0.348 e. The predicted molar refractivity (Wildman–Crippen MR) is 188 cm³/mol. The maximum absolute atomic E-state index is 13.9. The van der Waals surface area contributed by atoms with Crippen LogP contribution in [-0.4, -0.2) is 101 Å². The number of H-pyrrole nitrogens is 1. The van der Waals surface area contributed by atoms with Crippen molar-refractivity contribution < 1.29 is 18.8 Å². The minimum Gasteiger partial charge on any atom is -0.345 e. The molecule has 264 valence electrons. The Bertz CT molecular complexity index is 2010. The van der Waals surface area contributed by atoms with Crippen molar-refractivity contribution in [3.63, 3.8) is 0 Å². The number of nitrogens with zero attached hydrogens (tertiary/aromatic N) is 6. The average Bonchev–Trinajstić information content (AvgIpc) is 3.74. The number of aromatic nitrogens is 3. The lowest BCUT2D eigenvalue weighted by Crippen LogP contribution is -2.42. The number of amides is 3. The Morgan fingerprint density at radius 3 is 2.10 bits per heavy atom. The number of carbonyl (C=O) groups is 3. The van der Waals surface area contributed by atoms with Crippen molar-refractivity contribution >= 4 is 17.7 Å². The standard InChI is InChI=1S/C38H41FN8O4/c1-44(2)34(49)26-9-15-31-24(20-26)7-8-25-21-27(35(50)45(3)4)10-16-32(25)38(31,17-18-41-23-33(48)46-19-5-6-30(46)22-40)36-42-37(51)47(43-36)29-13-11-28(39)12-14-29/h9-16,20-21,30,41H,5-8,17-19,23H2,1-4H3,(H,42,43,51). The number of aryl methyl sites for hydroxylation is 2. The van der Waals surface area contributed by atoms with Crippen molar-refractivity contribution in [3.05, 3.63) is 116 Å². The molecule has 0 bridgehead atoms. The van der Waals surface area contributed by atoms with Crippen molar-refractivity contribution in [1.82, 2.24) is 34.8 Å². The first kappa shape index (κ1) is 35.2. The SMILES string of the molecule is CN(C)C(=O)c1ccc2c(c1)CCc1cc(C(=O)N(C)C)ccc1C2(CCNCC(=O)N1CCCC1C#N)c1nn(-c2ccc(F)cc2)c(=O)[nH]1. The number of carbonyl (C=O) groups excluding carboxylic acids is 3. The van der Waals surface area contributed by atoms with Crippen LogP contribution in [0.15, 0.2) is 65.5 Å². The van der Waals surface area contributed by atoms with Gasteiger partial charge >= 0.3 is 5.69 Å². The summed E-state index contributed by atoms with van der Waals surface area (Å²) in [5, 5.41) is 17.7. The van der Waals surface area contributed by atoms with E-state index in [0.717, 1.165) is 28.7 Å². The van der Waals surface area contributed by atoms with Crippen LogP contribution in [0.5, 0.6) is 0 Å². The molecule has 13 heteroatoms. The molecule has 6 rings (SSSR count). The van der Waals surface area contributed by atoms with Gasteiger partial charge in [-0.1, -0.05) is 12.1 Å². The fraction of sp³-hybridized carbons (Fsp3) is 0.368. The summed E-state index contributed by atoms with van der Waals surface area (Å²) in [6, 6.07) is 18.3. The summed E-state index contributed by atoms with van der Waals surface area (Å²) in [6.07, 6.45) is 2.83. The van der Waals surface area contributed by atoms with Crippen LogP contribution >= 0.6 is 0 Å². The minimum absolute atomic E-state index is 0.0149. The third-order valence-corrected chi connectivity index (χ3v) is 9.87. The lowest BCUT2D eigenvalue weighted by atomic mass is 9.69. The molecule has 2 heterocycles. The second-order valence-corrected chi connectivity index (χ2v) is 13.5. The monoisotopic (exact) mass is 692 g/mol. The summed E-state index contributed by atoms with van der Waals surface area (Å²) in [5.41, 5.74) is 3.13. The van der Waals surface area contributed by atoms with Crippen molar-refractivity contribution in [2.45, 2.75) is 43.6 Å². The van der Waals surface area contributed by atoms with Gasteiger partial charge in [0.2, 0.25) is 5.91 Å². The van der Waals surface area contributed by atoms with Gasteiger partial charge in [0.1, 0.15) is 17.7 Å². The zero-order valence-electron chi connectivity index (χ0n) is 29.2. The zero-order chi connectivity index (χ0) is 36.4. The Labute approximate surface area is 295 Å². The molecule has 1 aliphatic heterocycles. The molecule has 4 aromatic rings. The first-order valence-electron chi connectivity index (χ1n) is 17.0. The van der Waals surface area contributed by atoms with Crippen LogP contribution in [0.4, 0.5) is 4.39 Å². The van der Waals surface area contributed by atoms with E-state index in [0.29, 0.717) is 61.4 Å². The van der Waals surface area contributed by atoms with E-state index in [4.69, 9.17) is 5.10 Å². The largest absolute Gasteiger partial charge is 0.348 e. The lowest BCUT2D eigenvalue weighted by Gasteiger charge is -2.35. The van der Waals surface area contributed by atoms with Gasteiger partial charge in [0.05, 0.1) is 23.7 Å². The lowest BCUT2D eigenvalue weighted by molar-refractivity contribution is -0.130. The van der Waals surface area contributed by atoms with E-state index in [9.17, 15) is 28.8 Å². The molecule has 3 aromatic carbocycles. The molecule has 12 nitrogen and oxygen atoms in total. The van der Waals surface area contributed by atoms with Gasteiger partial charge in [-0.2, -0.15) is 9.94 Å². The highest BCUT2D eigenvalue weighted by Gasteiger charge is 2.44. The number of nitrogens with one attached hydrogen (secondary N) is 2. The smallest absolute Gasteiger partial charge is 0.345 e. The summed E-state index contributed by atoms with van der Waals surface area (Å²) in [4.78, 5) is 60.7. The number of benzene rings is 3. The summed E-state index contributed by atoms with van der Waals surface area (Å²) in [6.45, 7) is 0.854.